The van der Waals surface area contributed by atoms with Crippen molar-refractivity contribution in [3.63, 3.8) is 0 Å². The molecule has 0 radical (unpaired) electrons. The summed E-state index contributed by atoms with van der Waals surface area (Å²) < 4.78 is 11.4. The maximum absolute atomic E-state index is 6.11. The monoisotopic (exact) mass is 375 g/mol. The molecular weight excluding hydrogens is 358 g/mol. The van der Waals surface area contributed by atoms with Crippen LogP contribution < -0.4 is 0 Å². The lowest BCUT2D eigenvalue weighted by Crippen LogP contribution is -1.85. The van der Waals surface area contributed by atoms with Crippen LogP contribution in [0.25, 0.3) is 22.6 Å². The zero-order valence-corrected chi connectivity index (χ0v) is 15.4. The number of oxazole rings is 1. The average Bonchev–Trinajstić information content (AvgIpc) is 3.31. The summed E-state index contributed by atoms with van der Waals surface area (Å²) in [6, 6.07) is 20.1. The van der Waals surface area contributed by atoms with Crippen molar-refractivity contribution in [3.8, 4) is 22.6 Å². The van der Waals surface area contributed by atoms with E-state index in [9.17, 15) is 0 Å². The van der Waals surface area contributed by atoms with Gasteiger partial charge >= 0.3 is 0 Å². The highest BCUT2D eigenvalue weighted by atomic mass is 32.2. The SMILES string of the molecule is c1ccc(-c2nc(SCc3noc(C4CC4)n3)oc2-c2ccccc2)cc1. The lowest BCUT2D eigenvalue weighted by molar-refractivity contribution is 0.375. The highest BCUT2D eigenvalue weighted by Gasteiger charge is 2.29. The first-order valence-electron chi connectivity index (χ1n) is 8.94. The van der Waals surface area contributed by atoms with Crippen molar-refractivity contribution in [1.82, 2.24) is 15.1 Å². The van der Waals surface area contributed by atoms with Crippen molar-refractivity contribution in [2.45, 2.75) is 29.7 Å². The standard InChI is InChI=1S/C21H17N3O2S/c1-3-7-14(8-4-1)18-19(15-9-5-2-6-10-15)25-21(23-18)27-13-17-22-20(26-24-17)16-11-12-16/h1-10,16H,11-13H2. The fourth-order valence-electron chi connectivity index (χ4n) is 2.89. The third kappa shape index (κ3) is 3.53. The van der Waals surface area contributed by atoms with E-state index in [0.29, 0.717) is 22.7 Å². The number of hydrogen-bond donors (Lipinski definition) is 0. The minimum atomic E-state index is 0.465. The maximum Gasteiger partial charge on any atom is 0.257 e. The molecule has 1 aliphatic rings. The van der Waals surface area contributed by atoms with Crippen molar-refractivity contribution in [3.05, 3.63) is 72.4 Å². The second-order valence-electron chi connectivity index (χ2n) is 6.50. The smallest absolute Gasteiger partial charge is 0.257 e. The van der Waals surface area contributed by atoms with E-state index in [4.69, 9.17) is 13.9 Å². The van der Waals surface area contributed by atoms with Crippen molar-refractivity contribution in [1.29, 1.82) is 0 Å². The van der Waals surface area contributed by atoms with Crippen LogP contribution in [0.15, 0.2) is 74.8 Å². The molecule has 2 aromatic carbocycles. The predicted octanol–water partition coefficient (Wildman–Crippen LogP) is 5.56. The minimum absolute atomic E-state index is 0.465. The van der Waals surface area contributed by atoms with Gasteiger partial charge in [-0.25, -0.2) is 4.98 Å². The van der Waals surface area contributed by atoms with Crippen molar-refractivity contribution in [2.75, 3.05) is 0 Å². The van der Waals surface area contributed by atoms with Crippen LogP contribution in [-0.4, -0.2) is 15.1 Å². The fourth-order valence-corrected chi connectivity index (χ4v) is 3.56. The van der Waals surface area contributed by atoms with E-state index in [1.54, 1.807) is 0 Å². The Bertz CT molecular complexity index is 983. The van der Waals surface area contributed by atoms with Gasteiger partial charge in [0.2, 0.25) is 5.89 Å². The van der Waals surface area contributed by atoms with Gasteiger partial charge in [-0.05, 0) is 12.8 Å². The van der Waals surface area contributed by atoms with Gasteiger partial charge in [0.05, 0.1) is 5.75 Å². The molecule has 1 saturated carbocycles. The Labute approximate surface area is 160 Å². The summed E-state index contributed by atoms with van der Waals surface area (Å²) in [6.45, 7) is 0. The molecule has 6 heteroatoms. The van der Waals surface area contributed by atoms with E-state index in [0.717, 1.165) is 41.3 Å². The van der Waals surface area contributed by atoms with Gasteiger partial charge in [-0.1, -0.05) is 77.6 Å². The van der Waals surface area contributed by atoms with Crippen LogP contribution in [0.2, 0.25) is 0 Å². The van der Waals surface area contributed by atoms with Gasteiger partial charge in [-0.15, -0.1) is 0 Å². The third-order valence-electron chi connectivity index (χ3n) is 4.43. The maximum atomic E-state index is 6.11. The average molecular weight is 375 g/mol. The van der Waals surface area contributed by atoms with E-state index < -0.39 is 0 Å². The largest absolute Gasteiger partial charge is 0.431 e. The molecule has 0 amide bonds. The summed E-state index contributed by atoms with van der Waals surface area (Å²) in [7, 11) is 0. The second kappa shape index (κ2) is 7.04. The Morgan fingerprint density at radius 3 is 2.30 bits per heavy atom. The molecule has 2 aromatic heterocycles. The predicted molar refractivity (Wildman–Crippen MR) is 103 cm³/mol. The van der Waals surface area contributed by atoms with Crippen LogP contribution in [-0.2, 0) is 5.75 Å². The molecule has 0 unspecified atom stereocenters. The number of hydrogen-bond acceptors (Lipinski definition) is 6. The molecule has 0 N–H and O–H groups in total. The highest BCUT2D eigenvalue weighted by molar-refractivity contribution is 7.98. The van der Waals surface area contributed by atoms with Crippen LogP contribution in [0.4, 0.5) is 0 Å². The molecule has 1 fully saturated rings. The van der Waals surface area contributed by atoms with E-state index in [2.05, 4.69) is 10.1 Å². The van der Waals surface area contributed by atoms with Gasteiger partial charge in [0.15, 0.2) is 11.6 Å². The molecule has 0 bridgehead atoms. The molecule has 4 aromatic rings. The Morgan fingerprint density at radius 1 is 0.889 bits per heavy atom. The first kappa shape index (κ1) is 16.3. The molecule has 1 aliphatic carbocycles. The van der Waals surface area contributed by atoms with Gasteiger partial charge in [0.25, 0.3) is 5.22 Å². The lowest BCUT2D eigenvalue weighted by atomic mass is 10.1. The summed E-state index contributed by atoms with van der Waals surface area (Å²) in [5, 5.41) is 4.66. The van der Waals surface area contributed by atoms with E-state index in [1.807, 2.05) is 60.7 Å². The van der Waals surface area contributed by atoms with Crippen LogP contribution in [0.1, 0.15) is 30.5 Å². The Hall–Kier alpha value is -2.86. The molecule has 134 valence electrons. The first-order valence-corrected chi connectivity index (χ1v) is 9.92. The fraction of sp³-hybridized carbons (Fsp3) is 0.190. The zero-order valence-electron chi connectivity index (χ0n) is 14.5. The first-order chi connectivity index (χ1) is 13.4. The highest BCUT2D eigenvalue weighted by Crippen LogP contribution is 2.39. The molecule has 0 atom stereocenters. The van der Waals surface area contributed by atoms with E-state index in [-0.39, 0.29) is 0 Å². The molecular formula is C21H17N3O2S. The van der Waals surface area contributed by atoms with E-state index >= 15 is 0 Å². The number of benzene rings is 2. The van der Waals surface area contributed by atoms with Crippen LogP contribution >= 0.6 is 11.8 Å². The number of thioether (sulfide) groups is 1. The minimum Gasteiger partial charge on any atom is -0.431 e. The van der Waals surface area contributed by atoms with E-state index in [1.165, 1.54) is 11.8 Å². The summed E-state index contributed by atoms with van der Waals surface area (Å²) in [5.41, 5.74) is 2.88. The number of aromatic nitrogens is 3. The summed E-state index contributed by atoms with van der Waals surface area (Å²) in [5.74, 6) is 3.25. The van der Waals surface area contributed by atoms with Crippen molar-refractivity contribution in [2.24, 2.45) is 0 Å². The van der Waals surface area contributed by atoms with Crippen LogP contribution in [0, 0.1) is 0 Å². The lowest BCUT2D eigenvalue weighted by Gasteiger charge is -2.00. The molecule has 5 rings (SSSR count). The Morgan fingerprint density at radius 2 is 1.59 bits per heavy atom. The summed E-state index contributed by atoms with van der Waals surface area (Å²) in [6.07, 6.45) is 2.30. The number of rotatable bonds is 6. The summed E-state index contributed by atoms with van der Waals surface area (Å²) >= 11 is 1.48. The normalized spacial score (nSPS) is 13.8. The molecule has 27 heavy (non-hydrogen) atoms. The Balaban J connectivity index is 1.43. The van der Waals surface area contributed by atoms with Gasteiger partial charge in [0, 0.05) is 17.0 Å². The van der Waals surface area contributed by atoms with Gasteiger partial charge < -0.3 is 8.94 Å². The van der Waals surface area contributed by atoms with Crippen LogP contribution in [0.3, 0.4) is 0 Å². The van der Waals surface area contributed by atoms with Gasteiger partial charge in [-0.3, -0.25) is 0 Å². The van der Waals surface area contributed by atoms with Crippen molar-refractivity contribution < 1.29 is 8.94 Å². The molecule has 0 aliphatic heterocycles. The number of nitrogens with zero attached hydrogens (tertiary/aromatic N) is 3. The van der Waals surface area contributed by atoms with Gasteiger partial charge in [0.1, 0.15) is 5.69 Å². The van der Waals surface area contributed by atoms with Crippen LogP contribution in [0.5, 0.6) is 0 Å². The topological polar surface area (TPSA) is 65.0 Å². The second-order valence-corrected chi connectivity index (χ2v) is 7.43. The molecule has 5 nitrogen and oxygen atoms in total. The molecule has 2 heterocycles. The summed E-state index contributed by atoms with van der Waals surface area (Å²) in [4.78, 5) is 9.20. The Kier molecular flexibility index (Phi) is 4.26. The molecule has 0 saturated heterocycles. The molecule has 0 spiro atoms. The zero-order chi connectivity index (χ0) is 18.1. The van der Waals surface area contributed by atoms with Crippen molar-refractivity contribution >= 4 is 11.8 Å². The van der Waals surface area contributed by atoms with Gasteiger partial charge in [-0.2, -0.15) is 4.98 Å². The quantitative estimate of drug-likeness (QED) is 0.411. The third-order valence-corrected chi connectivity index (χ3v) is 5.25.